The third kappa shape index (κ3) is 3.13. The van der Waals surface area contributed by atoms with E-state index in [2.05, 4.69) is 15.9 Å². The van der Waals surface area contributed by atoms with Crippen LogP contribution in [0.15, 0.2) is 22.7 Å². The van der Waals surface area contributed by atoms with E-state index < -0.39 is 12.8 Å². The molecule has 23 heavy (non-hydrogen) atoms. The van der Waals surface area contributed by atoms with Crippen LogP contribution in [0.1, 0.15) is 43.6 Å². The molecule has 1 aromatic carbocycles. The van der Waals surface area contributed by atoms with E-state index in [4.69, 9.17) is 4.74 Å². The molecule has 0 N–H and O–H groups in total. The molecule has 0 spiro atoms. The van der Waals surface area contributed by atoms with Crippen LogP contribution in [0.25, 0.3) is 0 Å². The predicted octanol–water partition coefficient (Wildman–Crippen LogP) is 5.93. The Morgan fingerprint density at radius 3 is 2.17 bits per heavy atom. The summed E-state index contributed by atoms with van der Waals surface area (Å²) >= 11 is 3.48. The molecule has 0 saturated heterocycles. The molecule has 0 amide bonds. The van der Waals surface area contributed by atoms with Gasteiger partial charge in [-0.2, -0.15) is 13.2 Å². The summed E-state index contributed by atoms with van der Waals surface area (Å²) in [6.07, 6.45) is 2.03. The van der Waals surface area contributed by atoms with Gasteiger partial charge in [0.2, 0.25) is 0 Å². The first kappa shape index (κ1) is 15.8. The first-order chi connectivity index (χ1) is 10.9. The molecular formula is C18H20BrF3O. The monoisotopic (exact) mass is 388 g/mol. The first-order valence-corrected chi connectivity index (χ1v) is 9.17. The molecule has 4 bridgehead atoms. The Balaban J connectivity index is 1.64. The van der Waals surface area contributed by atoms with Gasteiger partial charge in [0.05, 0.1) is 0 Å². The Morgan fingerprint density at radius 2 is 1.61 bits per heavy atom. The lowest BCUT2D eigenvalue weighted by Gasteiger charge is -2.54. The van der Waals surface area contributed by atoms with Crippen molar-refractivity contribution in [2.45, 2.75) is 44.2 Å². The van der Waals surface area contributed by atoms with Gasteiger partial charge in [0.1, 0.15) is 5.75 Å². The summed E-state index contributed by atoms with van der Waals surface area (Å²) in [4.78, 5) is 0. The van der Waals surface area contributed by atoms with E-state index in [0.717, 1.165) is 21.9 Å². The van der Waals surface area contributed by atoms with Gasteiger partial charge in [-0.25, -0.2) is 0 Å². The summed E-state index contributed by atoms with van der Waals surface area (Å²) in [5, 5.41) is 0. The van der Waals surface area contributed by atoms with Gasteiger partial charge in [0.25, 0.3) is 0 Å². The molecule has 1 nitrogen and oxygen atoms in total. The lowest BCUT2D eigenvalue weighted by Crippen LogP contribution is -2.43. The Bertz CT molecular complexity index is 570. The number of hydrogen-bond acceptors (Lipinski definition) is 1. The van der Waals surface area contributed by atoms with Crippen LogP contribution >= 0.6 is 15.9 Å². The van der Waals surface area contributed by atoms with Crippen LogP contribution < -0.4 is 4.74 Å². The summed E-state index contributed by atoms with van der Waals surface area (Å²) in [7, 11) is 0. The van der Waals surface area contributed by atoms with Crippen molar-refractivity contribution in [1.82, 2.24) is 0 Å². The van der Waals surface area contributed by atoms with Crippen LogP contribution in [0.5, 0.6) is 5.75 Å². The quantitative estimate of drug-likeness (QED) is 0.623. The summed E-state index contributed by atoms with van der Waals surface area (Å²) in [5.41, 5.74) is 0.984. The van der Waals surface area contributed by atoms with E-state index in [9.17, 15) is 13.2 Å². The van der Waals surface area contributed by atoms with Crippen molar-refractivity contribution in [3.8, 4) is 5.75 Å². The predicted molar refractivity (Wildman–Crippen MR) is 85.5 cm³/mol. The summed E-state index contributed by atoms with van der Waals surface area (Å²) in [5.74, 6) is 3.72. The molecule has 0 unspecified atom stereocenters. The standard InChI is InChI=1S/C18H20BrF3O/c19-14-1-2-16(23-9-18(20,21)22)15(8-14)17-12-4-10-3-11(6-12)7-13(17)5-10/h1-2,8,10-13,17H,3-7,9H2. The lowest BCUT2D eigenvalue weighted by atomic mass is 9.50. The molecule has 0 heterocycles. The molecule has 126 valence electrons. The molecule has 5 heteroatoms. The van der Waals surface area contributed by atoms with Crippen molar-refractivity contribution in [2.75, 3.05) is 6.61 Å². The molecule has 4 fully saturated rings. The van der Waals surface area contributed by atoms with Crippen molar-refractivity contribution in [3.63, 3.8) is 0 Å². The Hall–Kier alpha value is -0.710. The summed E-state index contributed by atoms with van der Waals surface area (Å²) < 4.78 is 43.7. The van der Waals surface area contributed by atoms with Gasteiger partial charge >= 0.3 is 6.18 Å². The van der Waals surface area contributed by atoms with E-state index in [1.165, 1.54) is 32.1 Å². The maximum Gasteiger partial charge on any atom is 0.422 e. The minimum atomic E-state index is -4.30. The third-order valence-electron chi connectivity index (χ3n) is 5.95. The molecule has 0 aromatic heterocycles. The van der Waals surface area contributed by atoms with Crippen molar-refractivity contribution < 1.29 is 17.9 Å². The molecule has 4 saturated carbocycles. The third-order valence-corrected chi connectivity index (χ3v) is 6.44. The molecule has 0 radical (unpaired) electrons. The van der Waals surface area contributed by atoms with Crippen molar-refractivity contribution in [2.24, 2.45) is 23.7 Å². The van der Waals surface area contributed by atoms with Crippen LogP contribution in [0.4, 0.5) is 13.2 Å². The topological polar surface area (TPSA) is 9.23 Å². The van der Waals surface area contributed by atoms with Gasteiger partial charge in [-0.05, 0) is 85.5 Å². The fourth-order valence-electron chi connectivity index (χ4n) is 5.50. The molecule has 4 aliphatic rings. The van der Waals surface area contributed by atoms with E-state index in [0.29, 0.717) is 23.5 Å². The van der Waals surface area contributed by atoms with Crippen LogP contribution in [0, 0.1) is 23.7 Å². The largest absolute Gasteiger partial charge is 0.484 e. The van der Waals surface area contributed by atoms with Gasteiger partial charge in [-0.15, -0.1) is 0 Å². The van der Waals surface area contributed by atoms with Gasteiger partial charge < -0.3 is 4.74 Å². The number of rotatable bonds is 3. The highest BCUT2D eigenvalue weighted by Crippen LogP contribution is 2.60. The lowest BCUT2D eigenvalue weighted by molar-refractivity contribution is -0.153. The zero-order valence-corrected chi connectivity index (χ0v) is 14.4. The Labute approximate surface area is 142 Å². The first-order valence-electron chi connectivity index (χ1n) is 8.38. The van der Waals surface area contributed by atoms with Gasteiger partial charge in [-0.1, -0.05) is 15.9 Å². The minimum Gasteiger partial charge on any atom is -0.484 e. The van der Waals surface area contributed by atoms with Crippen LogP contribution in [-0.4, -0.2) is 12.8 Å². The van der Waals surface area contributed by atoms with E-state index in [1.807, 2.05) is 6.07 Å². The van der Waals surface area contributed by atoms with Crippen molar-refractivity contribution >= 4 is 15.9 Å². The second-order valence-electron chi connectivity index (χ2n) is 7.54. The summed E-state index contributed by atoms with van der Waals surface area (Å²) in [6.45, 7) is -1.21. The van der Waals surface area contributed by atoms with E-state index in [-0.39, 0.29) is 0 Å². The molecule has 4 aliphatic carbocycles. The maximum absolute atomic E-state index is 12.5. The fourth-order valence-corrected chi connectivity index (χ4v) is 5.88. The van der Waals surface area contributed by atoms with Crippen molar-refractivity contribution in [1.29, 1.82) is 0 Å². The highest BCUT2D eigenvalue weighted by atomic mass is 79.9. The highest BCUT2D eigenvalue weighted by Gasteiger charge is 2.49. The molecule has 0 atom stereocenters. The number of alkyl halides is 3. The maximum atomic E-state index is 12.5. The normalized spacial score (nSPS) is 35.6. The SMILES string of the molecule is FC(F)(F)COc1ccc(Br)cc1C1C2CC3CC(C2)CC1C3. The number of benzene rings is 1. The molecular weight excluding hydrogens is 369 g/mol. The zero-order chi connectivity index (χ0) is 16.2. The van der Waals surface area contributed by atoms with Gasteiger partial charge in [0, 0.05) is 4.47 Å². The summed E-state index contributed by atoms with van der Waals surface area (Å²) in [6, 6.07) is 5.44. The highest BCUT2D eigenvalue weighted by molar-refractivity contribution is 9.10. The minimum absolute atomic E-state index is 0.364. The van der Waals surface area contributed by atoms with E-state index >= 15 is 0 Å². The second-order valence-corrected chi connectivity index (χ2v) is 8.46. The second kappa shape index (κ2) is 5.68. The Morgan fingerprint density at radius 1 is 1.00 bits per heavy atom. The van der Waals surface area contributed by atoms with E-state index in [1.54, 1.807) is 12.1 Å². The van der Waals surface area contributed by atoms with Gasteiger partial charge in [-0.3, -0.25) is 0 Å². The Kier molecular flexibility index (Phi) is 3.90. The van der Waals surface area contributed by atoms with Crippen LogP contribution in [0.3, 0.4) is 0 Å². The fraction of sp³-hybridized carbons (Fsp3) is 0.667. The number of hydrogen-bond donors (Lipinski definition) is 0. The average molecular weight is 389 g/mol. The molecule has 5 rings (SSSR count). The zero-order valence-electron chi connectivity index (χ0n) is 12.8. The van der Waals surface area contributed by atoms with Crippen LogP contribution in [-0.2, 0) is 0 Å². The molecule has 0 aliphatic heterocycles. The van der Waals surface area contributed by atoms with Crippen molar-refractivity contribution in [3.05, 3.63) is 28.2 Å². The smallest absolute Gasteiger partial charge is 0.422 e. The van der Waals surface area contributed by atoms with Gasteiger partial charge in [0.15, 0.2) is 6.61 Å². The number of halogens is 4. The number of ether oxygens (including phenoxy) is 1. The molecule has 1 aromatic rings. The average Bonchev–Trinajstić information content (AvgIpc) is 2.44. The van der Waals surface area contributed by atoms with Crippen LogP contribution in [0.2, 0.25) is 0 Å².